The zero-order valence-electron chi connectivity index (χ0n) is 10.7. The molecule has 0 aliphatic heterocycles. The maximum atomic E-state index is 6.03. The largest absolute Gasteiger partial charge is 0.497 e. The van der Waals surface area contributed by atoms with Gasteiger partial charge in [-0.05, 0) is 35.9 Å². The van der Waals surface area contributed by atoms with Gasteiger partial charge in [0.05, 0.1) is 7.11 Å². The molecular formula is C15H16ClNOS. The Morgan fingerprint density at radius 1 is 1.21 bits per heavy atom. The third kappa shape index (κ3) is 3.90. The van der Waals surface area contributed by atoms with Gasteiger partial charge in [-0.15, -0.1) is 11.8 Å². The quantitative estimate of drug-likeness (QED) is 0.842. The van der Waals surface area contributed by atoms with Gasteiger partial charge in [-0.25, -0.2) is 0 Å². The summed E-state index contributed by atoms with van der Waals surface area (Å²) < 4.78 is 5.23. The Kier molecular flexibility index (Phi) is 5.14. The third-order valence-electron chi connectivity index (χ3n) is 2.75. The van der Waals surface area contributed by atoms with Crippen LogP contribution in [0.1, 0.15) is 10.8 Å². The number of halogens is 1. The molecule has 0 aromatic heterocycles. The SMILES string of the molecule is COc1cccc(SC(CN)c2cccc(Cl)c2)c1. The number of nitrogens with two attached hydrogens (primary N) is 1. The fraction of sp³-hybridized carbons (Fsp3) is 0.200. The number of hydrogen-bond acceptors (Lipinski definition) is 3. The molecule has 0 amide bonds. The minimum atomic E-state index is 0.186. The molecule has 1 unspecified atom stereocenters. The van der Waals surface area contributed by atoms with Crippen molar-refractivity contribution in [2.24, 2.45) is 5.73 Å². The van der Waals surface area contributed by atoms with Gasteiger partial charge in [0.25, 0.3) is 0 Å². The van der Waals surface area contributed by atoms with Crippen LogP contribution in [0.5, 0.6) is 5.75 Å². The Bertz CT molecular complexity index is 547. The highest BCUT2D eigenvalue weighted by Gasteiger charge is 2.12. The zero-order valence-corrected chi connectivity index (χ0v) is 12.2. The Labute approximate surface area is 122 Å². The average Bonchev–Trinajstić information content (AvgIpc) is 2.45. The van der Waals surface area contributed by atoms with E-state index in [1.54, 1.807) is 18.9 Å². The van der Waals surface area contributed by atoms with Crippen molar-refractivity contribution in [3.8, 4) is 5.75 Å². The van der Waals surface area contributed by atoms with Gasteiger partial charge in [-0.3, -0.25) is 0 Å². The first-order valence-electron chi connectivity index (χ1n) is 5.99. The second kappa shape index (κ2) is 6.85. The van der Waals surface area contributed by atoms with E-state index in [2.05, 4.69) is 12.1 Å². The predicted octanol–water partition coefficient (Wildman–Crippen LogP) is 4.14. The van der Waals surface area contributed by atoms with Crippen molar-refractivity contribution in [3.63, 3.8) is 0 Å². The topological polar surface area (TPSA) is 35.2 Å². The van der Waals surface area contributed by atoms with E-state index in [1.807, 2.05) is 36.4 Å². The van der Waals surface area contributed by atoms with Crippen LogP contribution < -0.4 is 10.5 Å². The second-order valence-corrected chi connectivity index (χ2v) is 5.79. The molecule has 0 bridgehead atoms. The van der Waals surface area contributed by atoms with Gasteiger partial charge in [-0.2, -0.15) is 0 Å². The van der Waals surface area contributed by atoms with Gasteiger partial charge in [0.2, 0.25) is 0 Å². The van der Waals surface area contributed by atoms with E-state index >= 15 is 0 Å². The van der Waals surface area contributed by atoms with Gasteiger partial charge in [0.1, 0.15) is 5.75 Å². The normalized spacial score (nSPS) is 12.2. The Morgan fingerprint density at radius 2 is 2.00 bits per heavy atom. The summed E-state index contributed by atoms with van der Waals surface area (Å²) in [6.07, 6.45) is 0. The molecule has 0 aliphatic carbocycles. The minimum absolute atomic E-state index is 0.186. The number of thioether (sulfide) groups is 1. The lowest BCUT2D eigenvalue weighted by molar-refractivity contribution is 0.413. The van der Waals surface area contributed by atoms with E-state index in [0.717, 1.165) is 21.2 Å². The van der Waals surface area contributed by atoms with Gasteiger partial charge in [-0.1, -0.05) is 29.8 Å². The summed E-state index contributed by atoms with van der Waals surface area (Å²) in [5, 5.41) is 0.924. The highest BCUT2D eigenvalue weighted by Crippen LogP contribution is 2.36. The van der Waals surface area contributed by atoms with Crippen molar-refractivity contribution < 1.29 is 4.74 Å². The van der Waals surface area contributed by atoms with Crippen molar-refractivity contribution >= 4 is 23.4 Å². The lowest BCUT2D eigenvalue weighted by Gasteiger charge is -2.15. The molecule has 100 valence electrons. The first-order valence-corrected chi connectivity index (χ1v) is 7.25. The van der Waals surface area contributed by atoms with Crippen molar-refractivity contribution in [1.82, 2.24) is 0 Å². The van der Waals surface area contributed by atoms with E-state index in [9.17, 15) is 0 Å². The number of rotatable bonds is 5. The molecule has 0 fully saturated rings. The average molecular weight is 294 g/mol. The molecule has 0 saturated carbocycles. The highest BCUT2D eigenvalue weighted by molar-refractivity contribution is 7.99. The molecule has 2 aromatic rings. The van der Waals surface area contributed by atoms with Crippen LogP contribution in [0, 0.1) is 0 Å². The lowest BCUT2D eigenvalue weighted by Crippen LogP contribution is -2.09. The molecule has 2 rings (SSSR count). The Balaban J connectivity index is 2.18. The van der Waals surface area contributed by atoms with E-state index in [-0.39, 0.29) is 5.25 Å². The van der Waals surface area contributed by atoms with Crippen LogP contribution in [0.15, 0.2) is 53.4 Å². The molecule has 0 aliphatic rings. The van der Waals surface area contributed by atoms with Crippen LogP contribution in [0.4, 0.5) is 0 Å². The summed E-state index contributed by atoms with van der Waals surface area (Å²) >= 11 is 7.74. The molecule has 4 heteroatoms. The fourth-order valence-electron chi connectivity index (χ4n) is 1.80. The van der Waals surface area contributed by atoms with Crippen LogP contribution in [-0.4, -0.2) is 13.7 Å². The molecule has 0 spiro atoms. The molecule has 0 saturated heterocycles. The summed E-state index contributed by atoms with van der Waals surface area (Å²) in [6.45, 7) is 0.558. The Hall–Kier alpha value is -1.16. The van der Waals surface area contributed by atoms with E-state index in [1.165, 1.54) is 0 Å². The predicted molar refractivity (Wildman–Crippen MR) is 82.1 cm³/mol. The fourth-order valence-corrected chi connectivity index (χ4v) is 3.05. The molecule has 0 radical (unpaired) electrons. The van der Waals surface area contributed by atoms with Crippen molar-refractivity contribution in [2.45, 2.75) is 10.1 Å². The van der Waals surface area contributed by atoms with Crippen molar-refractivity contribution in [2.75, 3.05) is 13.7 Å². The van der Waals surface area contributed by atoms with E-state index in [0.29, 0.717) is 6.54 Å². The maximum absolute atomic E-state index is 6.03. The summed E-state index contributed by atoms with van der Waals surface area (Å²) in [4.78, 5) is 1.13. The number of ether oxygens (including phenoxy) is 1. The van der Waals surface area contributed by atoms with Crippen LogP contribution in [0.3, 0.4) is 0 Å². The zero-order chi connectivity index (χ0) is 13.7. The lowest BCUT2D eigenvalue weighted by atomic mass is 10.1. The van der Waals surface area contributed by atoms with Gasteiger partial charge >= 0.3 is 0 Å². The standard InChI is InChI=1S/C15H16ClNOS/c1-18-13-6-3-7-14(9-13)19-15(10-17)11-4-2-5-12(16)8-11/h2-9,15H,10,17H2,1H3. The molecule has 0 heterocycles. The smallest absolute Gasteiger partial charge is 0.119 e. The van der Waals surface area contributed by atoms with Crippen molar-refractivity contribution in [1.29, 1.82) is 0 Å². The van der Waals surface area contributed by atoms with Crippen LogP contribution in [0.25, 0.3) is 0 Å². The summed E-state index contributed by atoms with van der Waals surface area (Å²) in [5.41, 5.74) is 7.02. The van der Waals surface area contributed by atoms with Crippen LogP contribution in [0.2, 0.25) is 5.02 Å². The Morgan fingerprint density at radius 3 is 2.68 bits per heavy atom. The molecule has 2 aromatic carbocycles. The first-order chi connectivity index (χ1) is 9.22. The third-order valence-corrected chi connectivity index (χ3v) is 4.26. The first kappa shape index (κ1) is 14.3. The van der Waals surface area contributed by atoms with E-state index in [4.69, 9.17) is 22.1 Å². The van der Waals surface area contributed by atoms with Gasteiger partial charge in [0, 0.05) is 21.7 Å². The summed E-state index contributed by atoms with van der Waals surface area (Å²) in [5.74, 6) is 0.854. The molecule has 1 atom stereocenters. The minimum Gasteiger partial charge on any atom is -0.497 e. The molecule has 2 N–H and O–H groups in total. The monoisotopic (exact) mass is 293 g/mol. The maximum Gasteiger partial charge on any atom is 0.119 e. The van der Waals surface area contributed by atoms with Crippen LogP contribution >= 0.6 is 23.4 Å². The number of benzene rings is 2. The van der Waals surface area contributed by atoms with Gasteiger partial charge in [0.15, 0.2) is 0 Å². The summed E-state index contributed by atoms with van der Waals surface area (Å²) in [7, 11) is 1.67. The van der Waals surface area contributed by atoms with Crippen LogP contribution in [-0.2, 0) is 0 Å². The second-order valence-electron chi connectivity index (χ2n) is 4.08. The molecule has 2 nitrogen and oxygen atoms in total. The summed E-state index contributed by atoms with van der Waals surface area (Å²) in [6, 6.07) is 15.8. The highest BCUT2D eigenvalue weighted by atomic mass is 35.5. The number of hydrogen-bond donors (Lipinski definition) is 1. The molecular weight excluding hydrogens is 278 g/mol. The molecule has 19 heavy (non-hydrogen) atoms. The number of methoxy groups -OCH3 is 1. The van der Waals surface area contributed by atoms with Gasteiger partial charge < -0.3 is 10.5 Å². The van der Waals surface area contributed by atoms with Crippen molar-refractivity contribution in [3.05, 3.63) is 59.1 Å². The van der Waals surface area contributed by atoms with E-state index < -0.39 is 0 Å².